The average molecular weight is 222 g/mol. The van der Waals surface area contributed by atoms with E-state index in [0.29, 0.717) is 5.54 Å². The zero-order valence-electron chi connectivity index (χ0n) is 10.2. The van der Waals surface area contributed by atoms with Crippen molar-refractivity contribution in [3.8, 4) is 0 Å². The van der Waals surface area contributed by atoms with Crippen LogP contribution in [-0.2, 0) is 0 Å². The van der Waals surface area contributed by atoms with Crippen molar-refractivity contribution in [2.24, 2.45) is 0 Å². The molecule has 0 spiro atoms. The Bertz CT molecular complexity index is 293. The molecule has 1 nitrogen and oxygen atoms in total. The van der Waals surface area contributed by atoms with Gasteiger partial charge in [0.05, 0.1) is 14.2 Å². The van der Waals surface area contributed by atoms with Crippen LogP contribution in [0.3, 0.4) is 0 Å². The van der Waals surface area contributed by atoms with Crippen molar-refractivity contribution in [2.75, 3.05) is 0 Å². The lowest BCUT2D eigenvalue weighted by Gasteiger charge is -2.31. The van der Waals surface area contributed by atoms with Gasteiger partial charge in [0.15, 0.2) is 0 Å². The molecule has 1 N–H and O–H groups in total. The lowest BCUT2D eigenvalue weighted by molar-refractivity contribution is 0.183. The SMILES string of the molecule is C[C@H](O)C[C@@H](C)[Si](C)(C)c1ccccc1. The fourth-order valence-electron chi connectivity index (χ4n) is 1.96. The Morgan fingerprint density at radius 1 is 1.13 bits per heavy atom. The van der Waals surface area contributed by atoms with E-state index in [2.05, 4.69) is 50.3 Å². The number of aliphatic hydroxyl groups excluding tert-OH is 1. The minimum Gasteiger partial charge on any atom is -0.393 e. The van der Waals surface area contributed by atoms with Gasteiger partial charge in [0, 0.05) is 0 Å². The van der Waals surface area contributed by atoms with Crippen LogP contribution in [0, 0.1) is 0 Å². The maximum Gasteiger partial charge on any atom is 0.0835 e. The topological polar surface area (TPSA) is 20.2 Å². The van der Waals surface area contributed by atoms with Crippen molar-refractivity contribution in [3.63, 3.8) is 0 Å². The second-order valence-electron chi connectivity index (χ2n) is 5.07. The zero-order chi connectivity index (χ0) is 11.5. The van der Waals surface area contributed by atoms with Crippen LogP contribution in [0.1, 0.15) is 20.3 Å². The molecule has 0 aliphatic carbocycles. The number of hydrogen-bond donors (Lipinski definition) is 1. The highest BCUT2D eigenvalue weighted by molar-refractivity contribution is 6.90. The first-order valence-corrected chi connectivity index (χ1v) is 8.76. The van der Waals surface area contributed by atoms with Gasteiger partial charge >= 0.3 is 0 Å². The standard InChI is InChI=1S/C13H22OSi/c1-11(14)10-12(2)15(3,4)13-8-6-5-7-9-13/h5-9,11-12,14H,10H2,1-4H3/t11-,12+/m0/s1. The Morgan fingerprint density at radius 2 is 1.67 bits per heavy atom. The van der Waals surface area contributed by atoms with Crippen molar-refractivity contribution in [1.29, 1.82) is 0 Å². The van der Waals surface area contributed by atoms with E-state index in [1.165, 1.54) is 5.19 Å². The normalized spacial score (nSPS) is 16.1. The van der Waals surface area contributed by atoms with Crippen molar-refractivity contribution in [1.82, 2.24) is 0 Å². The quantitative estimate of drug-likeness (QED) is 0.777. The van der Waals surface area contributed by atoms with Gasteiger partial charge in [0.1, 0.15) is 0 Å². The number of hydrogen-bond acceptors (Lipinski definition) is 1. The van der Waals surface area contributed by atoms with Gasteiger partial charge in [-0.05, 0) is 18.9 Å². The Labute approximate surface area is 94.2 Å². The van der Waals surface area contributed by atoms with Gasteiger partial charge in [-0.25, -0.2) is 0 Å². The molecule has 0 saturated carbocycles. The van der Waals surface area contributed by atoms with E-state index in [0.717, 1.165) is 6.42 Å². The molecule has 0 heterocycles. The van der Waals surface area contributed by atoms with Crippen LogP contribution in [0.15, 0.2) is 30.3 Å². The van der Waals surface area contributed by atoms with Gasteiger partial charge in [-0.3, -0.25) is 0 Å². The Morgan fingerprint density at radius 3 is 2.13 bits per heavy atom. The molecular weight excluding hydrogens is 200 g/mol. The molecule has 15 heavy (non-hydrogen) atoms. The van der Waals surface area contributed by atoms with Gasteiger partial charge in [-0.1, -0.05) is 55.5 Å². The monoisotopic (exact) mass is 222 g/mol. The summed E-state index contributed by atoms with van der Waals surface area (Å²) in [5, 5.41) is 10.9. The van der Waals surface area contributed by atoms with Gasteiger partial charge in [-0.15, -0.1) is 0 Å². The summed E-state index contributed by atoms with van der Waals surface area (Å²) in [6.45, 7) is 8.92. The highest BCUT2D eigenvalue weighted by Crippen LogP contribution is 2.25. The molecule has 0 aliphatic rings. The number of rotatable bonds is 4. The molecule has 0 aromatic heterocycles. The largest absolute Gasteiger partial charge is 0.393 e. The highest BCUT2D eigenvalue weighted by Gasteiger charge is 2.30. The first-order chi connectivity index (χ1) is 6.94. The first kappa shape index (κ1) is 12.5. The molecule has 0 fully saturated rings. The fraction of sp³-hybridized carbons (Fsp3) is 0.538. The van der Waals surface area contributed by atoms with E-state index in [4.69, 9.17) is 0 Å². The summed E-state index contributed by atoms with van der Waals surface area (Å²) < 4.78 is 0. The molecule has 2 atom stereocenters. The molecule has 2 heteroatoms. The molecule has 0 saturated heterocycles. The molecule has 0 radical (unpaired) electrons. The van der Waals surface area contributed by atoms with Crippen LogP contribution in [-0.4, -0.2) is 19.3 Å². The summed E-state index contributed by atoms with van der Waals surface area (Å²) in [7, 11) is -1.41. The van der Waals surface area contributed by atoms with Crippen molar-refractivity contribution in [2.45, 2.75) is 45.0 Å². The number of benzene rings is 1. The van der Waals surface area contributed by atoms with Crippen LogP contribution >= 0.6 is 0 Å². The maximum absolute atomic E-state index is 9.46. The lowest BCUT2D eigenvalue weighted by Crippen LogP contribution is -2.45. The summed E-state index contributed by atoms with van der Waals surface area (Å²) in [4.78, 5) is 0. The Kier molecular flexibility index (Phi) is 4.11. The molecular formula is C13H22OSi. The van der Waals surface area contributed by atoms with E-state index in [9.17, 15) is 5.11 Å². The molecule has 1 aromatic carbocycles. The number of aliphatic hydroxyl groups is 1. The lowest BCUT2D eigenvalue weighted by atomic mass is 10.2. The molecule has 0 aliphatic heterocycles. The van der Waals surface area contributed by atoms with E-state index in [-0.39, 0.29) is 6.10 Å². The van der Waals surface area contributed by atoms with Crippen molar-refractivity contribution >= 4 is 13.3 Å². The molecule has 1 rings (SSSR count). The van der Waals surface area contributed by atoms with E-state index < -0.39 is 8.07 Å². The summed E-state index contributed by atoms with van der Waals surface area (Å²) in [5.41, 5.74) is 0.611. The minimum atomic E-state index is -1.41. The van der Waals surface area contributed by atoms with Gasteiger partial charge < -0.3 is 5.11 Å². The summed E-state index contributed by atoms with van der Waals surface area (Å²) in [6.07, 6.45) is 0.726. The van der Waals surface area contributed by atoms with Crippen LogP contribution < -0.4 is 5.19 Å². The van der Waals surface area contributed by atoms with Crippen molar-refractivity contribution in [3.05, 3.63) is 30.3 Å². The van der Waals surface area contributed by atoms with E-state index >= 15 is 0 Å². The van der Waals surface area contributed by atoms with Crippen LogP contribution in [0.5, 0.6) is 0 Å². The average Bonchev–Trinajstić information content (AvgIpc) is 2.18. The van der Waals surface area contributed by atoms with Crippen LogP contribution in [0.25, 0.3) is 0 Å². The van der Waals surface area contributed by atoms with Crippen LogP contribution in [0.4, 0.5) is 0 Å². The second kappa shape index (κ2) is 4.95. The molecule has 0 amide bonds. The fourth-order valence-corrected chi connectivity index (χ4v) is 4.51. The third kappa shape index (κ3) is 3.18. The molecule has 84 valence electrons. The third-order valence-electron chi connectivity index (χ3n) is 3.44. The Balaban J connectivity index is 2.82. The zero-order valence-corrected chi connectivity index (χ0v) is 11.2. The van der Waals surface area contributed by atoms with Gasteiger partial charge in [0.25, 0.3) is 0 Å². The first-order valence-electron chi connectivity index (χ1n) is 5.68. The molecule has 1 aromatic rings. The summed E-state index contributed by atoms with van der Waals surface area (Å²) in [5.74, 6) is 0. The smallest absolute Gasteiger partial charge is 0.0835 e. The summed E-state index contributed by atoms with van der Waals surface area (Å²) >= 11 is 0. The minimum absolute atomic E-state index is 0.185. The molecule has 0 bridgehead atoms. The van der Waals surface area contributed by atoms with Gasteiger partial charge in [-0.2, -0.15) is 0 Å². The predicted octanol–water partition coefficient (Wildman–Crippen LogP) is 2.76. The predicted molar refractivity (Wildman–Crippen MR) is 69.3 cm³/mol. The second-order valence-corrected chi connectivity index (χ2v) is 10.1. The van der Waals surface area contributed by atoms with Crippen molar-refractivity contribution < 1.29 is 5.11 Å². The van der Waals surface area contributed by atoms with Gasteiger partial charge in [0.2, 0.25) is 0 Å². The molecule has 0 unspecified atom stereocenters. The third-order valence-corrected chi connectivity index (χ3v) is 7.97. The van der Waals surface area contributed by atoms with E-state index in [1.54, 1.807) is 0 Å². The highest BCUT2D eigenvalue weighted by atomic mass is 28.3. The van der Waals surface area contributed by atoms with Crippen LogP contribution in [0.2, 0.25) is 18.6 Å². The Hall–Kier alpha value is -0.603. The maximum atomic E-state index is 9.46. The van der Waals surface area contributed by atoms with E-state index in [1.807, 2.05) is 6.92 Å². The summed E-state index contributed by atoms with van der Waals surface area (Å²) in [6, 6.07) is 10.7.